The Bertz CT molecular complexity index is 405. The van der Waals surface area contributed by atoms with E-state index in [4.69, 9.17) is 11.0 Å². The molecule has 5 heteroatoms. The number of H-pyrrole nitrogens is 1. The van der Waals surface area contributed by atoms with Crippen LogP contribution in [-0.4, -0.2) is 10.7 Å². The maximum absolute atomic E-state index is 11.1. The fourth-order valence-corrected chi connectivity index (χ4v) is 1.60. The van der Waals surface area contributed by atoms with Crippen LogP contribution in [0.25, 0.3) is 0 Å². The third-order valence-corrected chi connectivity index (χ3v) is 2.39. The Morgan fingerprint density at radius 3 is 3.00 bits per heavy atom. The summed E-state index contributed by atoms with van der Waals surface area (Å²) in [4.78, 5) is 14.2. The van der Waals surface area contributed by atoms with Crippen molar-refractivity contribution >= 4 is 17.6 Å². The number of aromatic amines is 1. The Morgan fingerprint density at radius 1 is 1.77 bits per heavy atom. The summed E-state index contributed by atoms with van der Waals surface area (Å²) in [5.41, 5.74) is 5.22. The third kappa shape index (κ3) is 2.04. The van der Waals surface area contributed by atoms with Crippen LogP contribution in [-0.2, 0) is 0 Å². The van der Waals surface area contributed by atoms with Gasteiger partial charge in [-0.25, -0.2) is 0 Å². The van der Waals surface area contributed by atoms with Crippen molar-refractivity contribution in [1.82, 2.24) is 4.98 Å². The van der Waals surface area contributed by atoms with Crippen molar-refractivity contribution in [2.24, 2.45) is 0 Å². The molecule has 0 amide bonds. The van der Waals surface area contributed by atoms with Crippen LogP contribution < -0.4 is 11.3 Å². The second kappa shape index (κ2) is 4.01. The number of anilines is 1. The lowest BCUT2D eigenvalue weighted by Crippen LogP contribution is -2.12. The molecule has 0 saturated carbocycles. The van der Waals surface area contributed by atoms with Crippen molar-refractivity contribution in [1.29, 1.82) is 5.26 Å². The minimum absolute atomic E-state index is 0.102. The summed E-state index contributed by atoms with van der Waals surface area (Å²) in [5.74, 6) is 1.18. The first-order chi connectivity index (χ1) is 6.19. The van der Waals surface area contributed by atoms with Gasteiger partial charge in [0.1, 0.15) is 17.5 Å². The van der Waals surface area contributed by atoms with Gasteiger partial charge in [0.15, 0.2) is 0 Å². The van der Waals surface area contributed by atoms with Gasteiger partial charge in [0.2, 0.25) is 0 Å². The van der Waals surface area contributed by atoms with Crippen LogP contribution in [0, 0.1) is 11.3 Å². The predicted octanol–water partition coefficient (Wildman–Crippen LogP) is 0.941. The number of nitrogens with one attached hydrogen (secondary N) is 1. The maximum atomic E-state index is 11.1. The molecule has 1 aromatic heterocycles. The maximum Gasteiger partial charge on any atom is 0.267 e. The fraction of sp³-hybridized carbons (Fsp3) is 0.250. The quantitative estimate of drug-likeness (QED) is 0.688. The summed E-state index contributed by atoms with van der Waals surface area (Å²) in [5, 5.41) is 8.58. The van der Waals surface area contributed by atoms with Crippen molar-refractivity contribution in [3.8, 4) is 6.07 Å². The molecule has 4 nitrogen and oxygen atoms in total. The van der Waals surface area contributed by atoms with Crippen LogP contribution in [0.1, 0.15) is 12.5 Å². The van der Waals surface area contributed by atoms with E-state index in [1.807, 2.05) is 13.0 Å². The van der Waals surface area contributed by atoms with Gasteiger partial charge in [-0.05, 0) is 11.8 Å². The highest BCUT2D eigenvalue weighted by Crippen LogP contribution is 2.21. The summed E-state index contributed by atoms with van der Waals surface area (Å²) >= 11 is 1.49. The highest BCUT2D eigenvalue weighted by atomic mass is 32.2. The molecular formula is C8H9N3OS. The van der Waals surface area contributed by atoms with E-state index in [1.54, 1.807) is 0 Å². The van der Waals surface area contributed by atoms with E-state index >= 15 is 0 Å². The highest BCUT2D eigenvalue weighted by Gasteiger charge is 2.04. The van der Waals surface area contributed by atoms with E-state index < -0.39 is 5.56 Å². The summed E-state index contributed by atoms with van der Waals surface area (Å²) in [6.07, 6.45) is 0. The number of hydrogen-bond donors (Lipinski definition) is 2. The van der Waals surface area contributed by atoms with E-state index in [2.05, 4.69) is 4.98 Å². The number of hydrogen-bond acceptors (Lipinski definition) is 4. The molecule has 0 saturated heterocycles. The van der Waals surface area contributed by atoms with Crippen LogP contribution >= 0.6 is 11.8 Å². The fourth-order valence-electron chi connectivity index (χ4n) is 0.884. The molecule has 0 aliphatic heterocycles. The van der Waals surface area contributed by atoms with Crippen molar-refractivity contribution < 1.29 is 0 Å². The molecule has 0 bridgehead atoms. The van der Waals surface area contributed by atoms with Gasteiger partial charge in [-0.2, -0.15) is 5.26 Å². The zero-order valence-corrected chi connectivity index (χ0v) is 7.94. The molecule has 1 heterocycles. The smallest absolute Gasteiger partial charge is 0.267 e. The number of nitriles is 1. The second-order valence-electron chi connectivity index (χ2n) is 2.33. The molecular weight excluding hydrogens is 186 g/mol. The molecule has 0 aromatic carbocycles. The van der Waals surface area contributed by atoms with Crippen molar-refractivity contribution in [2.45, 2.75) is 11.8 Å². The Kier molecular flexibility index (Phi) is 2.98. The number of thioether (sulfide) groups is 1. The lowest BCUT2D eigenvalue weighted by Gasteiger charge is -2.02. The molecule has 0 atom stereocenters. The van der Waals surface area contributed by atoms with Gasteiger partial charge in [0, 0.05) is 4.90 Å². The van der Waals surface area contributed by atoms with E-state index in [-0.39, 0.29) is 5.56 Å². The molecule has 1 rings (SSSR count). The average Bonchev–Trinajstić information content (AvgIpc) is 2.10. The van der Waals surface area contributed by atoms with Crippen molar-refractivity contribution in [2.75, 3.05) is 11.5 Å². The molecule has 13 heavy (non-hydrogen) atoms. The number of rotatable bonds is 2. The SMILES string of the molecule is CCSc1cc(C#N)c(=O)[nH]c1N. The van der Waals surface area contributed by atoms with Gasteiger partial charge in [0.05, 0.1) is 0 Å². The first-order valence-electron chi connectivity index (χ1n) is 3.74. The third-order valence-electron chi connectivity index (χ3n) is 1.45. The molecule has 1 aromatic rings. The number of aromatic nitrogens is 1. The van der Waals surface area contributed by atoms with Gasteiger partial charge >= 0.3 is 0 Å². The number of nitrogens with zero attached hydrogens (tertiary/aromatic N) is 1. The normalized spacial score (nSPS) is 9.54. The van der Waals surface area contributed by atoms with Crippen LogP contribution in [0.15, 0.2) is 15.8 Å². The Hall–Kier alpha value is -1.41. The molecule has 0 unspecified atom stereocenters. The molecule has 0 spiro atoms. The van der Waals surface area contributed by atoms with E-state index in [9.17, 15) is 4.79 Å². The summed E-state index contributed by atoms with van der Waals surface area (Å²) in [6.45, 7) is 1.97. The molecule has 0 radical (unpaired) electrons. The standard InChI is InChI=1S/C8H9N3OS/c1-2-13-6-3-5(4-9)8(12)11-7(6)10/h3H,2H2,1H3,(H3,10,11,12). The van der Waals surface area contributed by atoms with E-state index in [1.165, 1.54) is 17.8 Å². The molecule has 0 fully saturated rings. The van der Waals surface area contributed by atoms with E-state index in [0.29, 0.717) is 5.82 Å². The van der Waals surface area contributed by atoms with Gasteiger partial charge in [-0.1, -0.05) is 6.92 Å². The summed E-state index contributed by atoms with van der Waals surface area (Å²) in [6, 6.07) is 3.32. The van der Waals surface area contributed by atoms with E-state index in [0.717, 1.165) is 10.6 Å². The summed E-state index contributed by atoms with van der Waals surface area (Å²) in [7, 11) is 0. The number of nitrogens with two attached hydrogens (primary N) is 1. The lowest BCUT2D eigenvalue weighted by molar-refractivity contribution is 1.16. The van der Waals surface area contributed by atoms with Gasteiger partial charge in [-0.15, -0.1) is 11.8 Å². The van der Waals surface area contributed by atoms with Crippen molar-refractivity contribution in [3.63, 3.8) is 0 Å². The minimum Gasteiger partial charge on any atom is -0.384 e. The minimum atomic E-state index is -0.430. The molecule has 3 N–H and O–H groups in total. The Morgan fingerprint density at radius 2 is 2.46 bits per heavy atom. The van der Waals surface area contributed by atoms with Gasteiger partial charge < -0.3 is 10.7 Å². The highest BCUT2D eigenvalue weighted by molar-refractivity contribution is 7.99. The van der Waals surface area contributed by atoms with Crippen LogP contribution in [0.5, 0.6) is 0 Å². The Labute approximate surface area is 79.8 Å². The molecule has 0 aliphatic rings. The predicted molar refractivity (Wildman–Crippen MR) is 52.6 cm³/mol. The molecule has 68 valence electrons. The van der Waals surface area contributed by atoms with Gasteiger partial charge in [0.25, 0.3) is 5.56 Å². The van der Waals surface area contributed by atoms with Crippen LogP contribution in [0.4, 0.5) is 5.82 Å². The topological polar surface area (TPSA) is 82.7 Å². The van der Waals surface area contributed by atoms with Crippen molar-refractivity contribution in [3.05, 3.63) is 22.0 Å². The monoisotopic (exact) mass is 195 g/mol. The van der Waals surface area contributed by atoms with Crippen LogP contribution in [0.2, 0.25) is 0 Å². The summed E-state index contributed by atoms with van der Waals surface area (Å²) < 4.78 is 0. The molecule has 0 aliphatic carbocycles. The number of nitrogen functional groups attached to an aromatic ring is 1. The Balaban J connectivity index is 3.24. The first kappa shape index (κ1) is 9.68. The average molecular weight is 195 g/mol. The lowest BCUT2D eigenvalue weighted by atomic mass is 10.3. The van der Waals surface area contributed by atoms with Gasteiger partial charge in [-0.3, -0.25) is 4.79 Å². The van der Waals surface area contributed by atoms with Crippen LogP contribution in [0.3, 0.4) is 0 Å². The second-order valence-corrected chi connectivity index (χ2v) is 3.64. The zero-order valence-electron chi connectivity index (χ0n) is 7.13. The number of pyridine rings is 1. The largest absolute Gasteiger partial charge is 0.384 e. The first-order valence-corrected chi connectivity index (χ1v) is 4.73. The zero-order chi connectivity index (χ0) is 9.84.